The molecule has 1 heterocycles. The molecule has 0 saturated heterocycles. The molecule has 0 radical (unpaired) electrons. The third kappa shape index (κ3) is 2.86. The Labute approximate surface area is 132 Å². The summed E-state index contributed by atoms with van der Waals surface area (Å²) < 4.78 is 6.07. The molecule has 0 bridgehead atoms. The molecule has 0 aliphatic rings. The van der Waals surface area contributed by atoms with Crippen LogP contribution in [0.1, 0.15) is 5.56 Å². The molecular formula is C16H14Cl2N2O. The van der Waals surface area contributed by atoms with E-state index in [4.69, 9.17) is 27.9 Å². The van der Waals surface area contributed by atoms with Crippen molar-refractivity contribution in [3.05, 3.63) is 58.2 Å². The predicted octanol–water partition coefficient (Wildman–Crippen LogP) is 4.99. The number of hydrogen-bond donors (Lipinski definition) is 2. The zero-order valence-electron chi connectivity index (χ0n) is 11.4. The Morgan fingerprint density at radius 2 is 1.95 bits per heavy atom. The van der Waals surface area contributed by atoms with Gasteiger partial charge in [-0.1, -0.05) is 29.3 Å². The Morgan fingerprint density at radius 3 is 2.76 bits per heavy atom. The molecule has 3 nitrogen and oxygen atoms in total. The largest absolute Gasteiger partial charge is 0.456 e. The molecule has 0 saturated carbocycles. The molecule has 0 aliphatic carbocycles. The Morgan fingerprint density at radius 1 is 1.10 bits per heavy atom. The molecule has 3 aromatic rings. The van der Waals surface area contributed by atoms with Crippen LogP contribution in [0.5, 0.6) is 11.5 Å². The van der Waals surface area contributed by atoms with Gasteiger partial charge < -0.3 is 15.0 Å². The van der Waals surface area contributed by atoms with Crippen LogP contribution < -0.4 is 10.1 Å². The van der Waals surface area contributed by atoms with Crippen molar-refractivity contribution in [3.63, 3.8) is 0 Å². The maximum absolute atomic E-state index is 6.16. The number of aromatic nitrogens is 1. The van der Waals surface area contributed by atoms with Crippen LogP contribution in [-0.2, 0) is 6.54 Å². The molecular weight excluding hydrogens is 307 g/mol. The van der Waals surface area contributed by atoms with Gasteiger partial charge in [0, 0.05) is 28.7 Å². The van der Waals surface area contributed by atoms with E-state index in [0.29, 0.717) is 16.6 Å². The Bertz CT molecular complexity index is 783. The fraction of sp³-hybridized carbons (Fsp3) is 0.125. The van der Waals surface area contributed by atoms with Gasteiger partial charge in [-0.3, -0.25) is 0 Å². The van der Waals surface area contributed by atoms with Crippen molar-refractivity contribution in [2.75, 3.05) is 7.05 Å². The van der Waals surface area contributed by atoms with Crippen LogP contribution in [-0.4, -0.2) is 12.0 Å². The number of fused-ring (bicyclic) bond motifs is 1. The van der Waals surface area contributed by atoms with Crippen LogP contribution in [0.25, 0.3) is 10.9 Å². The van der Waals surface area contributed by atoms with Crippen molar-refractivity contribution in [2.45, 2.75) is 6.54 Å². The average molecular weight is 321 g/mol. The summed E-state index contributed by atoms with van der Waals surface area (Å²) in [6.45, 7) is 0.705. The highest BCUT2D eigenvalue weighted by molar-refractivity contribution is 6.35. The average Bonchev–Trinajstić information content (AvgIpc) is 2.95. The van der Waals surface area contributed by atoms with E-state index in [1.165, 1.54) is 0 Å². The van der Waals surface area contributed by atoms with E-state index < -0.39 is 0 Å². The second-order valence-corrected chi connectivity index (χ2v) is 5.54. The molecule has 21 heavy (non-hydrogen) atoms. The van der Waals surface area contributed by atoms with Crippen molar-refractivity contribution < 1.29 is 4.74 Å². The Balaban J connectivity index is 2.04. The third-order valence-corrected chi connectivity index (χ3v) is 3.80. The number of benzene rings is 2. The number of hydrogen-bond acceptors (Lipinski definition) is 2. The lowest BCUT2D eigenvalue weighted by Gasteiger charge is -2.12. The van der Waals surface area contributed by atoms with Gasteiger partial charge >= 0.3 is 0 Å². The standard InChI is InChI=1S/C16H14Cl2N2O/c1-19-9-10-2-3-11(17)8-15(10)21-14-5-4-13(18)16-12(14)6-7-20-16/h2-8,19-20H,9H2,1H3. The number of ether oxygens (including phenoxy) is 1. The molecule has 5 heteroatoms. The molecule has 0 spiro atoms. The highest BCUT2D eigenvalue weighted by Crippen LogP contribution is 2.35. The van der Waals surface area contributed by atoms with E-state index >= 15 is 0 Å². The zero-order chi connectivity index (χ0) is 14.8. The molecule has 2 N–H and O–H groups in total. The van der Waals surface area contributed by atoms with Crippen molar-refractivity contribution in [3.8, 4) is 11.5 Å². The Hall–Kier alpha value is -1.68. The number of halogens is 2. The summed E-state index contributed by atoms with van der Waals surface area (Å²) in [7, 11) is 1.89. The van der Waals surface area contributed by atoms with Crippen LogP contribution >= 0.6 is 23.2 Å². The van der Waals surface area contributed by atoms with Gasteiger partial charge in [0.05, 0.1) is 10.5 Å². The highest BCUT2D eigenvalue weighted by Gasteiger charge is 2.10. The lowest BCUT2D eigenvalue weighted by atomic mass is 10.2. The van der Waals surface area contributed by atoms with Crippen molar-refractivity contribution in [1.82, 2.24) is 10.3 Å². The fourth-order valence-corrected chi connectivity index (χ4v) is 2.64. The van der Waals surface area contributed by atoms with Crippen LogP contribution in [0.3, 0.4) is 0 Å². The number of rotatable bonds is 4. The summed E-state index contributed by atoms with van der Waals surface area (Å²) in [6, 6.07) is 11.3. The SMILES string of the molecule is CNCc1ccc(Cl)cc1Oc1ccc(Cl)c2[nH]ccc12. The van der Waals surface area contributed by atoms with Gasteiger partial charge in [-0.15, -0.1) is 0 Å². The van der Waals surface area contributed by atoms with Gasteiger partial charge in [0.1, 0.15) is 11.5 Å². The second kappa shape index (κ2) is 5.98. The summed E-state index contributed by atoms with van der Waals surface area (Å²) in [5.74, 6) is 1.48. The Kier molecular flexibility index (Phi) is 4.06. The number of H-pyrrole nitrogens is 1. The van der Waals surface area contributed by atoms with Gasteiger partial charge in [-0.05, 0) is 37.4 Å². The minimum absolute atomic E-state index is 0.643. The zero-order valence-corrected chi connectivity index (χ0v) is 12.9. The smallest absolute Gasteiger partial charge is 0.136 e. The van der Waals surface area contributed by atoms with Crippen molar-refractivity contribution >= 4 is 34.1 Å². The summed E-state index contributed by atoms with van der Waals surface area (Å²) in [5, 5.41) is 5.38. The summed E-state index contributed by atoms with van der Waals surface area (Å²) >= 11 is 12.2. The molecule has 2 aromatic carbocycles. The minimum Gasteiger partial charge on any atom is -0.456 e. The predicted molar refractivity (Wildman–Crippen MR) is 87.6 cm³/mol. The van der Waals surface area contributed by atoms with Crippen molar-refractivity contribution in [1.29, 1.82) is 0 Å². The number of aromatic amines is 1. The first-order chi connectivity index (χ1) is 10.2. The summed E-state index contributed by atoms with van der Waals surface area (Å²) in [4.78, 5) is 3.11. The first-order valence-electron chi connectivity index (χ1n) is 6.55. The highest BCUT2D eigenvalue weighted by atomic mass is 35.5. The lowest BCUT2D eigenvalue weighted by Crippen LogP contribution is -2.06. The summed E-state index contributed by atoms with van der Waals surface area (Å²) in [5.41, 5.74) is 1.91. The quantitative estimate of drug-likeness (QED) is 0.710. The molecule has 0 fully saturated rings. The minimum atomic E-state index is 0.643. The molecule has 108 valence electrons. The van der Waals surface area contributed by atoms with E-state index in [2.05, 4.69) is 10.3 Å². The van der Waals surface area contributed by atoms with Crippen LogP contribution in [0.2, 0.25) is 10.0 Å². The maximum Gasteiger partial charge on any atom is 0.136 e. The van der Waals surface area contributed by atoms with Crippen molar-refractivity contribution in [2.24, 2.45) is 0 Å². The van der Waals surface area contributed by atoms with Crippen LogP contribution in [0, 0.1) is 0 Å². The van der Waals surface area contributed by atoms with Gasteiger partial charge in [-0.2, -0.15) is 0 Å². The van der Waals surface area contributed by atoms with Crippen LogP contribution in [0.15, 0.2) is 42.6 Å². The second-order valence-electron chi connectivity index (χ2n) is 4.70. The van der Waals surface area contributed by atoms with E-state index in [0.717, 1.165) is 28.0 Å². The van der Waals surface area contributed by atoms with Gasteiger partial charge in [-0.25, -0.2) is 0 Å². The third-order valence-electron chi connectivity index (χ3n) is 3.25. The molecule has 1 aromatic heterocycles. The maximum atomic E-state index is 6.16. The first-order valence-corrected chi connectivity index (χ1v) is 7.31. The topological polar surface area (TPSA) is 37.0 Å². The van der Waals surface area contributed by atoms with E-state index in [1.807, 2.05) is 49.6 Å². The molecule has 3 rings (SSSR count). The summed E-state index contributed by atoms with van der Waals surface area (Å²) in [6.07, 6.45) is 1.84. The fourth-order valence-electron chi connectivity index (χ4n) is 2.26. The monoisotopic (exact) mass is 320 g/mol. The van der Waals surface area contributed by atoms with Crippen LogP contribution in [0.4, 0.5) is 0 Å². The normalized spacial score (nSPS) is 11.0. The molecule has 0 unspecified atom stereocenters. The molecule has 0 atom stereocenters. The lowest BCUT2D eigenvalue weighted by molar-refractivity contribution is 0.480. The van der Waals surface area contributed by atoms with Gasteiger partial charge in [0.15, 0.2) is 0 Å². The molecule has 0 aliphatic heterocycles. The van der Waals surface area contributed by atoms with Gasteiger partial charge in [0.25, 0.3) is 0 Å². The first kappa shape index (κ1) is 14.3. The van der Waals surface area contributed by atoms with E-state index in [9.17, 15) is 0 Å². The number of nitrogens with one attached hydrogen (secondary N) is 2. The van der Waals surface area contributed by atoms with E-state index in [-0.39, 0.29) is 0 Å². The van der Waals surface area contributed by atoms with Gasteiger partial charge in [0.2, 0.25) is 0 Å². The van der Waals surface area contributed by atoms with E-state index in [1.54, 1.807) is 0 Å². The molecule has 0 amide bonds.